The van der Waals surface area contributed by atoms with Crippen molar-refractivity contribution in [3.8, 4) is 5.88 Å². The van der Waals surface area contributed by atoms with Gasteiger partial charge in [-0.15, -0.1) is 0 Å². The summed E-state index contributed by atoms with van der Waals surface area (Å²) in [6, 6.07) is 9.10. The van der Waals surface area contributed by atoms with E-state index in [1.165, 1.54) is 11.8 Å². The van der Waals surface area contributed by atoms with Gasteiger partial charge in [0.05, 0.1) is 22.3 Å². The Kier molecular flexibility index (Phi) is 5.40. The first-order chi connectivity index (χ1) is 9.60. The summed E-state index contributed by atoms with van der Waals surface area (Å²) in [7, 11) is 0. The standard InChI is InChI=1S/C14H14Cl2N2OS/c1-2-7-19-14-12(17)5-6-13(18-14)20-9-3-4-10(15)11(16)8-9/h3-6,8H,2,7,17H2,1H3. The molecule has 0 atom stereocenters. The number of halogens is 2. The number of hydrogen-bond donors (Lipinski definition) is 1. The summed E-state index contributed by atoms with van der Waals surface area (Å²) >= 11 is 13.4. The molecule has 1 heterocycles. The highest BCUT2D eigenvalue weighted by atomic mass is 35.5. The van der Waals surface area contributed by atoms with Gasteiger partial charge in [0.1, 0.15) is 5.03 Å². The first kappa shape index (κ1) is 15.3. The second-order valence-electron chi connectivity index (χ2n) is 4.07. The zero-order chi connectivity index (χ0) is 14.5. The fraction of sp³-hybridized carbons (Fsp3) is 0.214. The highest BCUT2D eigenvalue weighted by Gasteiger charge is 2.07. The van der Waals surface area contributed by atoms with Crippen LogP contribution in [0.25, 0.3) is 0 Å². The van der Waals surface area contributed by atoms with Gasteiger partial charge >= 0.3 is 0 Å². The summed E-state index contributed by atoms with van der Waals surface area (Å²) < 4.78 is 5.51. The van der Waals surface area contributed by atoms with E-state index in [4.69, 9.17) is 33.7 Å². The van der Waals surface area contributed by atoms with Crippen LogP contribution < -0.4 is 10.5 Å². The predicted molar refractivity (Wildman–Crippen MR) is 85.0 cm³/mol. The molecule has 1 aromatic heterocycles. The third kappa shape index (κ3) is 3.95. The van der Waals surface area contributed by atoms with Gasteiger partial charge in [-0.3, -0.25) is 0 Å². The Morgan fingerprint density at radius 1 is 1.20 bits per heavy atom. The maximum atomic E-state index is 5.99. The maximum absolute atomic E-state index is 5.99. The van der Waals surface area contributed by atoms with E-state index in [2.05, 4.69) is 4.98 Å². The van der Waals surface area contributed by atoms with Crippen molar-refractivity contribution in [3.05, 3.63) is 40.4 Å². The summed E-state index contributed by atoms with van der Waals surface area (Å²) in [6.07, 6.45) is 0.908. The average Bonchev–Trinajstić information content (AvgIpc) is 2.43. The van der Waals surface area contributed by atoms with Crippen LogP contribution in [-0.2, 0) is 0 Å². The minimum absolute atomic E-state index is 0.469. The van der Waals surface area contributed by atoms with Crippen molar-refractivity contribution in [1.82, 2.24) is 4.98 Å². The maximum Gasteiger partial charge on any atom is 0.238 e. The quantitative estimate of drug-likeness (QED) is 0.847. The number of nitrogens with zero attached hydrogens (tertiary/aromatic N) is 1. The molecule has 20 heavy (non-hydrogen) atoms. The van der Waals surface area contributed by atoms with E-state index in [0.29, 0.717) is 28.2 Å². The van der Waals surface area contributed by atoms with Crippen LogP contribution in [0, 0.1) is 0 Å². The topological polar surface area (TPSA) is 48.1 Å². The zero-order valence-corrected chi connectivity index (χ0v) is 13.2. The Hall–Kier alpha value is -1.10. The van der Waals surface area contributed by atoms with Gasteiger partial charge in [0.2, 0.25) is 5.88 Å². The molecule has 106 valence electrons. The minimum atomic E-state index is 0.469. The highest BCUT2D eigenvalue weighted by molar-refractivity contribution is 7.99. The molecule has 1 aromatic carbocycles. The minimum Gasteiger partial charge on any atom is -0.476 e. The van der Waals surface area contributed by atoms with Gasteiger partial charge in [-0.2, -0.15) is 0 Å². The molecule has 0 spiro atoms. The number of benzene rings is 1. The van der Waals surface area contributed by atoms with E-state index in [1.54, 1.807) is 18.2 Å². The van der Waals surface area contributed by atoms with E-state index < -0.39 is 0 Å². The zero-order valence-electron chi connectivity index (χ0n) is 10.9. The van der Waals surface area contributed by atoms with Gasteiger partial charge in [-0.1, -0.05) is 41.9 Å². The van der Waals surface area contributed by atoms with E-state index >= 15 is 0 Å². The van der Waals surface area contributed by atoms with Crippen LogP contribution in [0.15, 0.2) is 40.3 Å². The number of nitrogen functional groups attached to an aromatic ring is 1. The SMILES string of the molecule is CCCOc1nc(Sc2ccc(Cl)c(Cl)c2)ccc1N. The van der Waals surface area contributed by atoms with Gasteiger partial charge < -0.3 is 10.5 Å². The lowest BCUT2D eigenvalue weighted by atomic mass is 10.4. The summed E-state index contributed by atoms with van der Waals surface area (Å²) in [5.74, 6) is 0.469. The van der Waals surface area contributed by atoms with Crippen LogP contribution in [-0.4, -0.2) is 11.6 Å². The Labute approximate surface area is 132 Å². The molecule has 3 nitrogen and oxygen atoms in total. The molecule has 0 amide bonds. The molecule has 0 bridgehead atoms. The van der Waals surface area contributed by atoms with Crippen molar-refractivity contribution in [2.75, 3.05) is 12.3 Å². The third-order valence-corrected chi connectivity index (χ3v) is 4.09. The van der Waals surface area contributed by atoms with Crippen molar-refractivity contribution in [2.45, 2.75) is 23.3 Å². The number of aromatic nitrogens is 1. The number of hydrogen-bond acceptors (Lipinski definition) is 4. The molecule has 0 saturated heterocycles. The van der Waals surface area contributed by atoms with E-state index in [-0.39, 0.29) is 0 Å². The second kappa shape index (κ2) is 7.07. The Morgan fingerprint density at radius 3 is 2.70 bits per heavy atom. The van der Waals surface area contributed by atoms with E-state index in [1.807, 2.05) is 19.1 Å². The number of nitrogens with two attached hydrogens (primary N) is 1. The molecule has 0 aliphatic heterocycles. The molecule has 0 saturated carbocycles. The van der Waals surface area contributed by atoms with Gasteiger partial charge in [0.15, 0.2) is 0 Å². The van der Waals surface area contributed by atoms with Crippen LogP contribution in [0.2, 0.25) is 10.0 Å². The lowest BCUT2D eigenvalue weighted by molar-refractivity contribution is 0.305. The molecule has 0 aliphatic rings. The number of anilines is 1. The van der Waals surface area contributed by atoms with Crippen LogP contribution >= 0.6 is 35.0 Å². The molecular formula is C14H14Cl2N2OS. The average molecular weight is 329 g/mol. The number of pyridine rings is 1. The Morgan fingerprint density at radius 2 is 2.00 bits per heavy atom. The summed E-state index contributed by atoms with van der Waals surface area (Å²) in [5, 5.41) is 1.85. The smallest absolute Gasteiger partial charge is 0.238 e. The summed E-state index contributed by atoms with van der Waals surface area (Å²) in [4.78, 5) is 5.35. The lowest BCUT2D eigenvalue weighted by Crippen LogP contribution is -2.01. The monoisotopic (exact) mass is 328 g/mol. The molecular weight excluding hydrogens is 315 g/mol. The molecule has 2 rings (SSSR count). The van der Waals surface area contributed by atoms with E-state index in [9.17, 15) is 0 Å². The van der Waals surface area contributed by atoms with Crippen molar-refractivity contribution in [2.24, 2.45) is 0 Å². The van der Waals surface area contributed by atoms with Crippen LogP contribution in [0.3, 0.4) is 0 Å². The molecule has 0 fully saturated rings. The Bertz CT molecular complexity index is 608. The molecule has 0 radical (unpaired) electrons. The molecule has 2 N–H and O–H groups in total. The molecule has 6 heteroatoms. The summed E-state index contributed by atoms with van der Waals surface area (Å²) in [6.45, 7) is 2.63. The molecule has 0 unspecified atom stereocenters. The van der Waals surface area contributed by atoms with Crippen LogP contribution in [0.1, 0.15) is 13.3 Å². The van der Waals surface area contributed by atoms with E-state index in [0.717, 1.165) is 16.3 Å². The Balaban J connectivity index is 2.18. The van der Waals surface area contributed by atoms with Crippen molar-refractivity contribution in [1.29, 1.82) is 0 Å². The summed E-state index contributed by atoms with van der Waals surface area (Å²) in [5.41, 5.74) is 6.37. The van der Waals surface area contributed by atoms with Gasteiger partial charge in [-0.05, 0) is 36.8 Å². The largest absolute Gasteiger partial charge is 0.476 e. The lowest BCUT2D eigenvalue weighted by Gasteiger charge is -2.09. The van der Waals surface area contributed by atoms with Gasteiger partial charge in [0, 0.05) is 4.90 Å². The first-order valence-electron chi connectivity index (χ1n) is 6.12. The van der Waals surface area contributed by atoms with Crippen LogP contribution in [0.5, 0.6) is 5.88 Å². The first-order valence-corrected chi connectivity index (χ1v) is 7.69. The van der Waals surface area contributed by atoms with Crippen molar-refractivity contribution < 1.29 is 4.74 Å². The fourth-order valence-corrected chi connectivity index (χ4v) is 2.65. The third-order valence-electron chi connectivity index (χ3n) is 2.42. The predicted octanol–water partition coefficient (Wildman–Crippen LogP) is 4.91. The fourth-order valence-electron chi connectivity index (χ4n) is 1.47. The molecule has 0 aliphatic carbocycles. The second-order valence-corrected chi connectivity index (χ2v) is 5.98. The molecule has 2 aromatic rings. The van der Waals surface area contributed by atoms with Crippen LogP contribution in [0.4, 0.5) is 5.69 Å². The van der Waals surface area contributed by atoms with Crippen molar-refractivity contribution >= 4 is 40.7 Å². The van der Waals surface area contributed by atoms with Gasteiger partial charge in [-0.25, -0.2) is 4.98 Å². The van der Waals surface area contributed by atoms with Crippen molar-refractivity contribution in [3.63, 3.8) is 0 Å². The normalized spacial score (nSPS) is 10.6. The number of rotatable bonds is 5. The number of ether oxygens (including phenoxy) is 1. The highest BCUT2D eigenvalue weighted by Crippen LogP contribution is 2.33. The van der Waals surface area contributed by atoms with Gasteiger partial charge in [0.25, 0.3) is 0 Å².